The van der Waals surface area contributed by atoms with Gasteiger partial charge in [0.15, 0.2) is 0 Å². The van der Waals surface area contributed by atoms with Crippen LogP contribution in [0.15, 0.2) is 54.7 Å². The molecule has 0 amide bonds. The summed E-state index contributed by atoms with van der Waals surface area (Å²) in [6, 6.07) is 15.0. The van der Waals surface area contributed by atoms with Crippen LogP contribution in [0.4, 0.5) is 0 Å². The van der Waals surface area contributed by atoms with E-state index in [-0.39, 0.29) is 11.8 Å². The van der Waals surface area contributed by atoms with Gasteiger partial charge in [-0.1, -0.05) is 36.4 Å². The summed E-state index contributed by atoms with van der Waals surface area (Å²) in [7, 11) is 0. The molecule has 2 N–H and O–H groups in total. The number of carbonyl (C=O) groups is 1. The van der Waals surface area contributed by atoms with E-state index < -0.39 is 0 Å². The molecule has 3 heteroatoms. The number of nitrogens with zero attached hydrogens (tertiary/aromatic N) is 1. The molecule has 1 atom stereocenters. The first-order valence-electron chi connectivity index (χ1n) is 5.98. The number of hydrogen-bond acceptors (Lipinski definition) is 3. The molecule has 1 unspecified atom stereocenters. The number of aromatic nitrogens is 1. The molecule has 0 spiro atoms. The molecule has 2 rings (SSSR count). The van der Waals surface area contributed by atoms with Gasteiger partial charge in [-0.05, 0) is 17.7 Å². The Bertz CT molecular complexity index is 496. The molecule has 0 saturated heterocycles. The number of pyridine rings is 1. The number of rotatable bonds is 5. The molecule has 0 radical (unpaired) electrons. The number of ketones is 1. The maximum atomic E-state index is 11.9. The number of benzene rings is 1. The number of Topliss-reactive ketones (excluding diaryl/α,β-unsaturated/α-hetero) is 1. The summed E-state index contributed by atoms with van der Waals surface area (Å²) < 4.78 is 0. The van der Waals surface area contributed by atoms with Crippen molar-refractivity contribution in [1.29, 1.82) is 0 Å². The van der Waals surface area contributed by atoms with Crippen molar-refractivity contribution in [2.45, 2.75) is 18.9 Å². The van der Waals surface area contributed by atoms with Crippen LogP contribution in [0.1, 0.15) is 23.7 Å². The Morgan fingerprint density at radius 1 is 1.11 bits per heavy atom. The van der Waals surface area contributed by atoms with E-state index in [1.807, 2.05) is 48.5 Å². The topological polar surface area (TPSA) is 56.0 Å². The normalized spacial score (nSPS) is 12.1. The molecule has 3 nitrogen and oxygen atoms in total. The minimum absolute atomic E-state index is 0.116. The molecule has 2 aromatic rings. The van der Waals surface area contributed by atoms with Crippen molar-refractivity contribution < 1.29 is 4.79 Å². The fraction of sp³-hybridized carbons (Fsp3) is 0.200. The van der Waals surface area contributed by atoms with Gasteiger partial charge in [0, 0.05) is 30.8 Å². The molecule has 0 saturated carbocycles. The Balaban J connectivity index is 1.92. The lowest BCUT2D eigenvalue weighted by molar-refractivity contribution is -0.118. The molecule has 0 aliphatic heterocycles. The number of hydrogen-bond donors (Lipinski definition) is 1. The van der Waals surface area contributed by atoms with Gasteiger partial charge in [0.1, 0.15) is 5.78 Å². The van der Waals surface area contributed by atoms with E-state index in [1.165, 1.54) is 0 Å². The molecule has 1 aromatic carbocycles. The van der Waals surface area contributed by atoms with E-state index in [4.69, 9.17) is 5.73 Å². The van der Waals surface area contributed by atoms with Gasteiger partial charge in [0.25, 0.3) is 0 Å². The molecule has 0 bridgehead atoms. The highest BCUT2D eigenvalue weighted by molar-refractivity contribution is 5.81. The average molecular weight is 240 g/mol. The van der Waals surface area contributed by atoms with Crippen molar-refractivity contribution in [3.63, 3.8) is 0 Å². The van der Waals surface area contributed by atoms with Crippen molar-refractivity contribution in [3.8, 4) is 0 Å². The highest BCUT2D eigenvalue weighted by Crippen LogP contribution is 2.14. The molecular formula is C15H16N2O. The summed E-state index contributed by atoms with van der Waals surface area (Å²) in [5.41, 5.74) is 7.80. The van der Waals surface area contributed by atoms with Crippen molar-refractivity contribution in [2.75, 3.05) is 0 Å². The van der Waals surface area contributed by atoms with Gasteiger partial charge in [-0.15, -0.1) is 0 Å². The van der Waals surface area contributed by atoms with Crippen molar-refractivity contribution >= 4 is 5.78 Å². The van der Waals surface area contributed by atoms with Gasteiger partial charge < -0.3 is 5.73 Å². The van der Waals surface area contributed by atoms with E-state index in [1.54, 1.807) is 6.20 Å². The summed E-state index contributed by atoms with van der Waals surface area (Å²) >= 11 is 0. The third-order valence-electron chi connectivity index (χ3n) is 2.78. The Hall–Kier alpha value is -2.00. The Morgan fingerprint density at radius 2 is 1.83 bits per heavy atom. The standard InChI is InChI=1S/C15H16N2O/c16-15(12-6-2-1-3-7-12)11-14(18)10-13-8-4-5-9-17-13/h1-9,15H,10-11,16H2. The van der Waals surface area contributed by atoms with Gasteiger partial charge in [-0.2, -0.15) is 0 Å². The molecule has 0 aliphatic carbocycles. The largest absolute Gasteiger partial charge is 0.324 e. The fourth-order valence-electron chi connectivity index (χ4n) is 1.84. The predicted octanol–water partition coefficient (Wildman–Crippen LogP) is 2.28. The van der Waals surface area contributed by atoms with Crippen LogP contribution in [-0.2, 0) is 11.2 Å². The lowest BCUT2D eigenvalue weighted by Gasteiger charge is -2.10. The summed E-state index contributed by atoms with van der Waals surface area (Å²) in [6.07, 6.45) is 2.39. The van der Waals surface area contributed by atoms with Crippen molar-refractivity contribution in [1.82, 2.24) is 4.98 Å². The Kier molecular flexibility index (Phi) is 4.20. The summed E-state index contributed by atoms with van der Waals surface area (Å²) in [6.45, 7) is 0. The van der Waals surface area contributed by atoms with Gasteiger partial charge in [-0.25, -0.2) is 0 Å². The molecule has 92 valence electrons. The Morgan fingerprint density at radius 3 is 2.50 bits per heavy atom. The first kappa shape index (κ1) is 12.5. The lowest BCUT2D eigenvalue weighted by atomic mass is 10.0. The SMILES string of the molecule is NC(CC(=O)Cc1ccccn1)c1ccccc1. The number of nitrogens with two attached hydrogens (primary N) is 1. The van der Waals surface area contributed by atoms with Crippen molar-refractivity contribution in [2.24, 2.45) is 5.73 Å². The minimum atomic E-state index is -0.234. The first-order chi connectivity index (χ1) is 8.75. The second kappa shape index (κ2) is 6.07. The van der Waals surface area contributed by atoms with Gasteiger partial charge >= 0.3 is 0 Å². The summed E-state index contributed by atoms with van der Waals surface area (Å²) in [5.74, 6) is 0.116. The third-order valence-corrected chi connectivity index (χ3v) is 2.78. The van der Waals surface area contributed by atoms with E-state index in [9.17, 15) is 4.79 Å². The van der Waals surface area contributed by atoms with Gasteiger partial charge in [0.2, 0.25) is 0 Å². The molecule has 0 fully saturated rings. The zero-order valence-corrected chi connectivity index (χ0v) is 10.1. The van der Waals surface area contributed by atoms with Gasteiger partial charge in [0.05, 0.1) is 0 Å². The van der Waals surface area contributed by atoms with Crippen LogP contribution in [0.25, 0.3) is 0 Å². The summed E-state index contributed by atoms with van der Waals surface area (Å²) in [5, 5.41) is 0. The molecular weight excluding hydrogens is 224 g/mol. The predicted molar refractivity (Wildman–Crippen MR) is 70.9 cm³/mol. The van der Waals surface area contributed by atoms with E-state index in [2.05, 4.69) is 4.98 Å². The highest BCUT2D eigenvalue weighted by Gasteiger charge is 2.12. The lowest BCUT2D eigenvalue weighted by Crippen LogP contribution is -2.17. The zero-order chi connectivity index (χ0) is 12.8. The zero-order valence-electron chi connectivity index (χ0n) is 10.1. The highest BCUT2D eigenvalue weighted by atomic mass is 16.1. The molecule has 18 heavy (non-hydrogen) atoms. The second-order valence-corrected chi connectivity index (χ2v) is 4.26. The van der Waals surface area contributed by atoms with E-state index >= 15 is 0 Å². The van der Waals surface area contributed by atoms with Crippen LogP contribution in [0.2, 0.25) is 0 Å². The van der Waals surface area contributed by atoms with E-state index in [0.29, 0.717) is 12.8 Å². The fourth-order valence-corrected chi connectivity index (χ4v) is 1.84. The van der Waals surface area contributed by atoms with Crippen LogP contribution < -0.4 is 5.73 Å². The third kappa shape index (κ3) is 3.50. The maximum Gasteiger partial charge on any atom is 0.140 e. The van der Waals surface area contributed by atoms with Crippen LogP contribution in [0, 0.1) is 0 Å². The Labute approximate surface area is 107 Å². The van der Waals surface area contributed by atoms with Crippen molar-refractivity contribution in [3.05, 3.63) is 66.0 Å². The van der Waals surface area contributed by atoms with Crippen LogP contribution >= 0.6 is 0 Å². The van der Waals surface area contributed by atoms with Crippen LogP contribution in [-0.4, -0.2) is 10.8 Å². The van der Waals surface area contributed by atoms with Crippen LogP contribution in [0.5, 0.6) is 0 Å². The molecule has 1 heterocycles. The molecule has 1 aromatic heterocycles. The average Bonchev–Trinajstić information content (AvgIpc) is 2.40. The maximum absolute atomic E-state index is 11.9. The van der Waals surface area contributed by atoms with E-state index in [0.717, 1.165) is 11.3 Å². The quantitative estimate of drug-likeness (QED) is 0.872. The second-order valence-electron chi connectivity index (χ2n) is 4.26. The molecule has 0 aliphatic rings. The number of carbonyl (C=O) groups excluding carboxylic acids is 1. The van der Waals surface area contributed by atoms with Crippen LogP contribution in [0.3, 0.4) is 0 Å². The van der Waals surface area contributed by atoms with Gasteiger partial charge in [-0.3, -0.25) is 9.78 Å². The monoisotopic (exact) mass is 240 g/mol. The minimum Gasteiger partial charge on any atom is -0.324 e. The smallest absolute Gasteiger partial charge is 0.140 e. The summed E-state index contributed by atoms with van der Waals surface area (Å²) in [4.78, 5) is 16.0. The first-order valence-corrected chi connectivity index (χ1v) is 5.98.